The smallest absolute Gasteiger partial charge is 0.153 e. The van der Waals surface area contributed by atoms with Crippen LogP contribution in [0, 0.1) is 0 Å². The Labute approximate surface area is 72.3 Å². The molecule has 0 aliphatic heterocycles. The monoisotopic (exact) mass is 167 g/mol. The van der Waals surface area contributed by atoms with E-state index in [0.29, 0.717) is 11.5 Å². The van der Waals surface area contributed by atoms with E-state index in [2.05, 4.69) is 0 Å². The molecule has 0 N–H and O–H groups in total. The van der Waals surface area contributed by atoms with Crippen molar-refractivity contribution in [1.82, 2.24) is 0 Å². The van der Waals surface area contributed by atoms with Gasteiger partial charge in [0.25, 0.3) is 0 Å². The molecule has 0 aliphatic rings. The maximum Gasteiger partial charge on any atom is 0.153 e. The van der Waals surface area contributed by atoms with Crippen LogP contribution in [0.1, 0.15) is 11.7 Å². The highest BCUT2D eigenvalue weighted by molar-refractivity contribution is 5.79. The van der Waals surface area contributed by atoms with Crippen LogP contribution in [0.3, 0.4) is 0 Å². The van der Waals surface area contributed by atoms with Crippen LogP contribution in [0.25, 0.3) is 0 Å². The van der Waals surface area contributed by atoms with Crippen LogP contribution in [-0.4, -0.2) is 20.5 Å². The summed E-state index contributed by atoms with van der Waals surface area (Å²) in [5, 5.41) is 0. The first-order chi connectivity index (χ1) is 6.19. The Morgan fingerprint density at radius 3 is 2.67 bits per heavy atom. The van der Waals surface area contributed by atoms with Crippen LogP contribution in [0.2, 0.25) is 0 Å². The topological polar surface area (TPSA) is 35.5 Å². The van der Waals surface area contributed by atoms with Crippen molar-refractivity contribution >= 4 is 6.26 Å². The molecule has 0 radical (unpaired) electrons. The molecule has 0 saturated carbocycles. The molecule has 0 aliphatic carbocycles. The summed E-state index contributed by atoms with van der Waals surface area (Å²) in [6.45, 7) is 0. The summed E-state index contributed by atoms with van der Waals surface area (Å²) in [7, 11) is 2.97. The van der Waals surface area contributed by atoms with E-state index < -0.39 is 6.26 Å². The first kappa shape index (κ1) is 7.16. The predicted molar refractivity (Wildman–Crippen MR) is 44.9 cm³/mol. The molecule has 0 atom stereocenters. The third-order valence-electron chi connectivity index (χ3n) is 1.52. The van der Waals surface area contributed by atoms with Gasteiger partial charge in [-0.1, -0.05) is 0 Å². The van der Waals surface area contributed by atoms with Crippen molar-refractivity contribution in [1.29, 1.82) is 0 Å². The molecule has 1 aromatic carbocycles. The molecule has 0 spiro atoms. The second-order valence-electron chi connectivity index (χ2n) is 2.17. The van der Waals surface area contributed by atoms with Crippen molar-refractivity contribution in [3.63, 3.8) is 0 Å². The van der Waals surface area contributed by atoms with Gasteiger partial charge in [0, 0.05) is 6.07 Å². The molecule has 1 aromatic rings. The third kappa shape index (κ3) is 1.56. The van der Waals surface area contributed by atoms with Gasteiger partial charge in [0.05, 0.1) is 19.8 Å². The molecule has 0 bridgehead atoms. The van der Waals surface area contributed by atoms with Crippen LogP contribution in [0.4, 0.5) is 0 Å². The zero-order valence-electron chi connectivity index (χ0n) is 7.96. The van der Waals surface area contributed by atoms with Crippen molar-refractivity contribution < 1.29 is 15.6 Å². The van der Waals surface area contributed by atoms with E-state index in [1.54, 1.807) is 12.1 Å². The molecule has 0 unspecified atom stereocenters. The first-order valence-electron chi connectivity index (χ1n) is 3.92. The fourth-order valence-corrected chi connectivity index (χ4v) is 0.883. The van der Waals surface area contributed by atoms with E-state index >= 15 is 0 Å². The molecule has 0 heterocycles. The number of carbonyl (C=O) groups excluding carboxylic acids is 1. The number of benzene rings is 1. The predicted octanol–water partition coefficient (Wildman–Crippen LogP) is 1.52. The van der Waals surface area contributed by atoms with Crippen LogP contribution in [0.5, 0.6) is 11.5 Å². The van der Waals surface area contributed by atoms with Gasteiger partial charge in [0.15, 0.2) is 6.26 Å². The Morgan fingerprint density at radius 1 is 1.42 bits per heavy atom. The second kappa shape index (κ2) is 3.76. The van der Waals surface area contributed by atoms with E-state index in [1.807, 2.05) is 0 Å². The minimum atomic E-state index is -0.764. The minimum absolute atomic E-state index is 0.239. The van der Waals surface area contributed by atoms with E-state index in [9.17, 15) is 4.79 Å². The molecular formula is C9H10O3. The Kier molecular flexibility index (Phi) is 2.24. The summed E-state index contributed by atoms with van der Waals surface area (Å²) in [5.41, 5.74) is 0.239. The zero-order chi connectivity index (χ0) is 9.84. The standard InChI is InChI=1S/C9H10O3/c1-11-8-4-3-7(6-10)9(5-8)12-2/h3-6H,1-2H3/i6D. The van der Waals surface area contributed by atoms with E-state index in [0.717, 1.165) is 0 Å². The van der Waals surface area contributed by atoms with Gasteiger partial charge in [-0.25, -0.2) is 0 Å². The third-order valence-corrected chi connectivity index (χ3v) is 1.52. The van der Waals surface area contributed by atoms with Crippen molar-refractivity contribution in [2.75, 3.05) is 14.2 Å². The number of methoxy groups -OCH3 is 2. The molecule has 12 heavy (non-hydrogen) atoms. The summed E-state index contributed by atoms with van der Waals surface area (Å²) >= 11 is 0. The number of carbonyl (C=O) groups is 1. The molecule has 0 amide bonds. The summed E-state index contributed by atoms with van der Waals surface area (Å²) in [5.74, 6) is 0.959. The Balaban J connectivity index is 3.15. The van der Waals surface area contributed by atoms with Gasteiger partial charge in [-0.2, -0.15) is 0 Å². The quantitative estimate of drug-likeness (QED) is 0.640. The number of hydrogen-bond acceptors (Lipinski definition) is 3. The Morgan fingerprint density at radius 2 is 2.17 bits per heavy atom. The lowest BCUT2D eigenvalue weighted by Gasteiger charge is -2.05. The van der Waals surface area contributed by atoms with Crippen LogP contribution in [0.15, 0.2) is 18.2 Å². The maximum absolute atomic E-state index is 10.8. The molecule has 0 fully saturated rings. The molecule has 3 heteroatoms. The van der Waals surface area contributed by atoms with Gasteiger partial charge in [0.2, 0.25) is 0 Å². The van der Waals surface area contributed by atoms with Crippen LogP contribution >= 0.6 is 0 Å². The van der Waals surface area contributed by atoms with Crippen LogP contribution < -0.4 is 9.47 Å². The molecule has 0 aromatic heterocycles. The van der Waals surface area contributed by atoms with Gasteiger partial charge in [-0.15, -0.1) is 0 Å². The van der Waals surface area contributed by atoms with E-state index in [-0.39, 0.29) is 5.56 Å². The van der Waals surface area contributed by atoms with Crippen molar-refractivity contribution in [2.24, 2.45) is 0 Å². The van der Waals surface area contributed by atoms with E-state index in [1.165, 1.54) is 20.3 Å². The number of aldehydes is 1. The van der Waals surface area contributed by atoms with Crippen molar-refractivity contribution in [3.05, 3.63) is 23.8 Å². The lowest BCUT2D eigenvalue weighted by atomic mass is 10.2. The lowest BCUT2D eigenvalue weighted by molar-refractivity contribution is 0.112. The highest BCUT2D eigenvalue weighted by Gasteiger charge is 2.02. The Bertz CT molecular complexity index is 323. The summed E-state index contributed by atoms with van der Waals surface area (Å²) in [6, 6.07) is 4.69. The summed E-state index contributed by atoms with van der Waals surface area (Å²) in [6.07, 6.45) is -0.764. The van der Waals surface area contributed by atoms with Crippen LogP contribution in [-0.2, 0) is 0 Å². The van der Waals surface area contributed by atoms with Gasteiger partial charge >= 0.3 is 0 Å². The molecule has 3 nitrogen and oxygen atoms in total. The fraction of sp³-hybridized carbons (Fsp3) is 0.222. The molecule has 64 valence electrons. The van der Waals surface area contributed by atoms with E-state index in [4.69, 9.17) is 10.8 Å². The first-order valence-corrected chi connectivity index (χ1v) is 3.42. The number of ether oxygens (including phenoxy) is 2. The lowest BCUT2D eigenvalue weighted by Crippen LogP contribution is -1.91. The van der Waals surface area contributed by atoms with Crippen molar-refractivity contribution in [3.8, 4) is 11.5 Å². The highest BCUT2D eigenvalue weighted by Crippen LogP contribution is 2.22. The SMILES string of the molecule is [2H]C(=O)c1ccc(OC)cc1OC. The zero-order valence-corrected chi connectivity index (χ0v) is 6.96. The van der Waals surface area contributed by atoms with Gasteiger partial charge < -0.3 is 9.47 Å². The normalized spacial score (nSPS) is 10.3. The molecule has 0 saturated heterocycles. The number of hydrogen-bond donors (Lipinski definition) is 0. The second-order valence-corrected chi connectivity index (χ2v) is 2.17. The average Bonchev–Trinajstić information content (AvgIpc) is 2.16. The van der Waals surface area contributed by atoms with Gasteiger partial charge in [-0.3, -0.25) is 4.79 Å². The summed E-state index contributed by atoms with van der Waals surface area (Å²) < 4.78 is 16.8. The molecular weight excluding hydrogens is 156 g/mol. The molecule has 1 rings (SSSR count). The minimum Gasteiger partial charge on any atom is -0.497 e. The van der Waals surface area contributed by atoms with Gasteiger partial charge in [-0.05, 0) is 12.1 Å². The average molecular weight is 167 g/mol. The number of rotatable bonds is 3. The van der Waals surface area contributed by atoms with Gasteiger partial charge in [0.1, 0.15) is 12.9 Å². The highest BCUT2D eigenvalue weighted by atomic mass is 16.5. The fourth-order valence-electron chi connectivity index (χ4n) is 0.883. The Hall–Kier alpha value is -1.51. The summed E-state index contributed by atoms with van der Waals surface area (Å²) in [4.78, 5) is 10.8. The largest absolute Gasteiger partial charge is 0.497 e. The van der Waals surface area contributed by atoms with Crippen molar-refractivity contribution in [2.45, 2.75) is 0 Å². The maximum atomic E-state index is 10.8.